The lowest BCUT2D eigenvalue weighted by Gasteiger charge is -2.08. The van der Waals surface area contributed by atoms with Crippen LogP contribution in [0, 0.1) is 19.8 Å². The molecule has 66 valence electrons. The van der Waals surface area contributed by atoms with E-state index in [0.717, 1.165) is 5.92 Å². The van der Waals surface area contributed by atoms with Crippen molar-refractivity contribution < 1.29 is 0 Å². The topological polar surface area (TPSA) is 26.0 Å². The van der Waals surface area contributed by atoms with E-state index in [1.807, 2.05) is 11.3 Å². The Hall–Kier alpha value is -0.340. The Bertz CT molecular complexity index is 286. The molecule has 1 fully saturated rings. The van der Waals surface area contributed by atoms with Crippen molar-refractivity contribution in [3.63, 3.8) is 0 Å². The zero-order valence-electron chi connectivity index (χ0n) is 7.63. The highest BCUT2D eigenvalue weighted by Crippen LogP contribution is 2.41. The van der Waals surface area contributed by atoms with E-state index in [2.05, 4.69) is 19.9 Å². The zero-order valence-corrected chi connectivity index (χ0v) is 8.45. The van der Waals surface area contributed by atoms with Gasteiger partial charge in [-0.15, -0.1) is 11.3 Å². The monoisotopic (exact) mass is 181 g/mol. The second-order valence-corrected chi connectivity index (χ2v) is 5.19. The summed E-state index contributed by atoms with van der Waals surface area (Å²) < 4.78 is 0. The van der Waals surface area contributed by atoms with Gasteiger partial charge in [-0.3, -0.25) is 0 Å². The molecule has 1 saturated carbocycles. The second kappa shape index (κ2) is 2.86. The summed E-state index contributed by atoms with van der Waals surface area (Å²) >= 11 is 1.86. The fraction of sp³-hybridized carbons (Fsp3) is 0.600. The summed E-state index contributed by atoms with van der Waals surface area (Å²) in [5.74, 6) is 0.776. The molecule has 2 N–H and O–H groups in total. The van der Waals surface area contributed by atoms with Crippen molar-refractivity contribution in [1.82, 2.24) is 0 Å². The summed E-state index contributed by atoms with van der Waals surface area (Å²) in [6, 6.07) is 2.57. The van der Waals surface area contributed by atoms with Crippen LogP contribution in [-0.4, -0.2) is 0 Å². The molecule has 0 spiro atoms. The van der Waals surface area contributed by atoms with Gasteiger partial charge in [-0.05, 0) is 44.2 Å². The van der Waals surface area contributed by atoms with Gasteiger partial charge in [-0.2, -0.15) is 0 Å². The summed E-state index contributed by atoms with van der Waals surface area (Å²) in [5.41, 5.74) is 7.51. The largest absolute Gasteiger partial charge is 0.324 e. The minimum absolute atomic E-state index is 0.315. The highest BCUT2D eigenvalue weighted by atomic mass is 32.1. The molecule has 0 amide bonds. The fourth-order valence-corrected chi connectivity index (χ4v) is 2.67. The summed E-state index contributed by atoms with van der Waals surface area (Å²) in [4.78, 5) is 2.80. The molecule has 2 heteroatoms. The van der Waals surface area contributed by atoms with Gasteiger partial charge in [0.1, 0.15) is 0 Å². The lowest BCUT2D eigenvalue weighted by Crippen LogP contribution is -2.12. The van der Waals surface area contributed by atoms with Gasteiger partial charge in [0.2, 0.25) is 0 Å². The van der Waals surface area contributed by atoms with Crippen LogP contribution in [0.2, 0.25) is 0 Å². The zero-order chi connectivity index (χ0) is 8.72. The van der Waals surface area contributed by atoms with Crippen LogP contribution < -0.4 is 5.73 Å². The number of hydrogen-bond donors (Lipinski definition) is 1. The molecule has 0 bridgehead atoms. The third-order valence-electron chi connectivity index (χ3n) is 2.57. The molecule has 1 nitrogen and oxygen atoms in total. The van der Waals surface area contributed by atoms with Crippen molar-refractivity contribution in [3.8, 4) is 0 Å². The van der Waals surface area contributed by atoms with Gasteiger partial charge < -0.3 is 5.73 Å². The molecular weight excluding hydrogens is 166 g/mol. The highest BCUT2D eigenvalue weighted by Gasteiger charge is 2.30. The average Bonchev–Trinajstić information content (AvgIpc) is 2.77. The first-order valence-corrected chi connectivity index (χ1v) is 5.32. The van der Waals surface area contributed by atoms with E-state index in [1.54, 1.807) is 0 Å². The Morgan fingerprint density at radius 2 is 2.17 bits per heavy atom. The van der Waals surface area contributed by atoms with Crippen molar-refractivity contribution in [2.24, 2.45) is 11.7 Å². The molecule has 1 aliphatic rings. The molecule has 1 aromatic heterocycles. The summed E-state index contributed by atoms with van der Waals surface area (Å²) in [6.07, 6.45) is 2.66. The number of hydrogen-bond acceptors (Lipinski definition) is 2. The maximum absolute atomic E-state index is 6.12. The predicted octanol–water partition coefficient (Wildman–Crippen LogP) is 2.77. The van der Waals surface area contributed by atoms with Crippen molar-refractivity contribution in [2.75, 3.05) is 0 Å². The first-order valence-electron chi connectivity index (χ1n) is 4.51. The summed E-state index contributed by atoms with van der Waals surface area (Å²) in [5, 5.41) is 0. The highest BCUT2D eigenvalue weighted by molar-refractivity contribution is 7.12. The molecule has 0 aromatic carbocycles. The molecule has 1 aromatic rings. The van der Waals surface area contributed by atoms with E-state index < -0.39 is 0 Å². The van der Waals surface area contributed by atoms with Gasteiger partial charge in [0.05, 0.1) is 0 Å². The molecule has 1 heterocycles. The van der Waals surface area contributed by atoms with Gasteiger partial charge in [0.15, 0.2) is 0 Å². The number of aryl methyl sites for hydroxylation is 2. The predicted molar refractivity (Wildman–Crippen MR) is 53.4 cm³/mol. The molecule has 0 radical (unpaired) electrons. The van der Waals surface area contributed by atoms with Crippen LogP contribution in [0.25, 0.3) is 0 Å². The Morgan fingerprint density at radius 3 is 2.58 bits per heavy atom. The number of thiophene rings is 1. The summed E-state index contributed by atoms with van der Waals surface area (Å²) in [7, 11) is 0. The van der Waals surface area contributed by atoms with Crippen molar-refractivity contribution in [2.45, 2.75) is 32.7 Å². The van der Waals surface area contributed by atoms with E-state index in [-0.39, 0.29) is 0 Å². The molecule has 12 heavy (non-hydrogen) atoms. The Balaban J connectivity index is 2.25. The second-order valence-electron chi connectivity index (χ2n) is 3.73. The molecular formula is C10H15NS. The van der Waals surface area contributed by atoms with Crippen LogP contribution in [0.3, 0.4) is 0 Å². The number of nitrogens with two attached hydrogens (primary N) is 1. The fourth-order valence-electron chi connectivity index (χ4n) is 1.69. The average molecular weight is 181 g/mol. The SMILES string of the molecule is Cc1cc([C@@H](N)C2CC2)c(C)s1. The lowest BCUT2D eigenvalue weighted by molar-refractivity contribution is 0.632. The lowest BCUT2D eigenvalue weighted by atomic mass is 10.0. The normalized spacial score (nSPS) is 19.6. The maximum Gasteiger partial charge on any atom is 0.0334 e. The van der Waals surface area contributed by atoms with Gasteiger partial charge >= 0.3 is 0 Å². The van der Waals surface area contributed by atoms with Crippen LogP contribution in [0.4, 0.5) is 0 Å². The van der Waals surface area contributed by atoms with Crippen LogP contribution in [0.5, 0.6) is 0 Å². The minimum Gasteiger partial charge on any atom is -0.324 e. The van der Waals surface area contributed by atoms with Gasteiger partial charge in [0.25, 0.3) is 0 Å². The van der Waals surface area contributed by atoms with E-state index >= 15 is 0 Å². The molecule has 1 aliphatic carbocycles. The van der Waals surface area contributed by atoms with E-state index in [0.29, 0.717) is 6.04 Å². The van der Waals surface area contributed by atoms with Crippen LogP contribution in [0.15, 0.2) is 6.07 Å². The quantitative estimate of drug-likeness (QED) is 0.746. The number of rotatable bonds is 2. The maximum atomic E-state index is 6.12. The van der Waals surface area contributed by atoms with Crippen molar-refractivity contribution in [1.29, 1.82) is 0 Å². The van der Waals surface area contributed by atoms with E-state index in [1.165, 1.54) is 28.2 Å². The Morgan fingerprint density at radius 1 is 1.50 bits per heavy atom. The molecule has 2 rings (SSSR count). The molecule has 1 atom stereocenters. The third kappa shape index (κ3) is 1.41. The molecule has 0 unspecified atom stereocenters. The van der Waals surface area contributed by atoms with E-state index in [9.17, 15) is 0 Å². The molecule has 0 aliphatic heterocycles. The first-order chi connectivity index (χ1) is 5.68. The van der Waals surface area contributed by atoms with Gasteiger partial charge in [-0.1, -0.05) is 0 Å². The van der Waals surface area contributed by atoms with Gasteiger partial charge in [-0.25, -0.2) is 0 Å². The van der Waals surface area contributed by atoms with Crippen LogP contribution in [0.1, 0.15) is 34.2 Å². The van der Waals surface area contributed by atoms with Crippen LogP contribution in [-0.2, 0) is 0 Å². The Labute approximate surface area is 77.6 Å². The van der Waals surface area contributed by atoms with Gasteiger partial charge in [0, 0.05) is 15.8 Å². The summed E-state index contributed by atoms with van der Waals surface area (Å²) in [6.45, 7) is 4.33. The third-order valence-corrected chi connectivity index (χ3v) is 3.55. The standard InChI is InChI=1S/C10H15NS/c1-6-5-9(7(2)12-6)10(11)8-3-4-8/h5,8,10H,3-4,11H2,1-2H3/t10-/m0/s1. The van der Waals surface area contributed by atoms with Crippen molar-refractivity contribution >= 4 is 11.3 Å². The minimum atomic E-state index is 0.315. The van der Waals surface area contributed by atoms with E-state index in [4.69, 9.17) is 5.73 Å². The Kier molecular flexibility index (Phi) is 1.97. The first kappa shape index (κ1) is 8.27. The molecule has 0 saturated heterocycles. The smallest absolute Gasteiger partial charge is 0.0334 e. The van der Waals surface area contributed by atoms with Crippen LogP contribution >= 0.6 is 11.3 Å². The van der Waals surface area contributed by atoms with Crippen molar-refractivity contribution in [3.05, 3.63) is 21.4 Å².